The molecule has 2 aromatic carbocycles. The molecule has 2 aliphatic heterocycles. The van der Waals surface area contributed by atoms with Gasteiger partial charge in [-0.3, -0.25) is 4.90 Å². The van der Waals surface area contributed by atoms with Crippen molar-refractivity contribution in [1.29, 1.82) is 0 Å². The zero-order valence-electron chi connectivity index (χ0n) is 39.1. The Kier molecular flexibility index (Phi) is 27.0. The molecule has 2 heterocycles. The summed E-state index contributed by atoms with van der Waals surface area (Å²) in [6, 6.07) is 14.0. The Balaban J connectivity index is 0.000000568. The molecule has 1 amide bonds. The number of azide groups is 3. The van der Waals surface area contributed by atoms with E-state index in [-0.39, 0.29) is 69.1 Å². The molecular formula is C43H70N14O12Pd. The van der Waals surface area contributed by atoms with Gasteiger partial charge < -0.3 is 78.0 Å². The first-order chi connectivity index (χ1) is 32.2. The number of aliphatic hydroxyl groups excluding tert-OH is 4. The molecule has 18 atom stereocenters. The van der Waals surface area contributed by atoms with Gasteiger partial charge in [-0.15, -0.1) is 0 Å². The van der Waals surface area contributed by atoms with Crippen LogP contribution in [0, 0.1) is 0 Å². The molecular weight excluding hydrogens is 1010 g/mol. The van der Waals surface area contributed by atoms with E-state index in [1.54, 1.807) is 4.90 Å². The standard InChI is InChI=1S/C29H36N10O6.C14H30N4O4.2H2O.Pd/c1-2-23(39(16-18-9-5-3-6-10-18)29(42)43-17-19-11-7-4-8-12-19)24-14-13-20(33-36-30)28(44-24)45-27-22(35-38-32)15-21(34-37-31)25(40)26(27)41;1-2-6(15)10-4-3-7(16)14(21-10)22-13-9(18)5-8(17)11(19)12(13)20;;;/h3-12,20-28,40-41H,2,13-17H2,1H3;6-14,19-20H,2-5,15-18H2,1H3;2*1H2;/t20-,21-,22+,23-,24+,25+,26-,27-,28-;6-,7-,8-,9+,10+,11+,12-,13-,14-;;;/m11.../s1. The maximum Gasteiger partial charge on any atom is 0.410 e. The number of ether oxygens (including phenoxy) is 5. The number of nitrogens with zero attached hydrogens (tertiary/aromatic N) is 10. The van der Waals surface area contributed by atoms with E-state index in [4.69, 9.17) is 57.7 Å². The average molecular weight is 1080 g/mol. The summed E-state index contributed by atoms with van der Waals surface area (Å²) in [5.41, 5.74) is 52.8. The van der Waals surface area contributed by atoms with Gasteiger partial charge in [0.1, 0.15) is 24.9 Å². The molecule has 4 aliphatic rings. The van der Waals surface area contributed by atoms with Gasteiger partial charge in [-0.2, -0.15) is 0 Å². The van der Waals surface area contributed by atoms with Crippen LogP contribution >= 0.6 is 0 Å². The second-order valence-electron chi connectivity index (χ2n) is 17.4. The minimum Gasteiger partial charge on any atom is -0.445 e. The van der Waals surface area contributed by atoms with Crippen LogP contribution in [0.2, 0.25) is 0 Å². The van der Waals surface area contributed by atoms with Crippen molar-refractivity contribution in [2.75, 3.05) is 0 Å². The van der Waals surface area contributed by atoms with Crippen LogP contribution in [-0.4, -0.2) is 152 Å². The third-order valence-corrected chi connectivity index (χ3v) is 12.9. The zero-order valence-corrected chi connectivity index (χ0v) is 40.6. The van der Waals surface area contributed by atoms with Crippen molar-refractivity contribution in [1.82, 2.24) is 4.90 Å². The van der Waals surface area contributed by atoms with Crippen LogP contribution in [0.4, 0.5) is 4.79 Å². The fourth-order valence-electron chi connectivity index (χ4n) is 9.00. The predicted molar refractivity (Wildman–Crippen MR) is 250 cm³/mol. The van der Waals surface area contributed by atoms with E-state index in [9.17, 15) is 30.8 Å². The Morgan fingerprint density at radius 1 is 0.686 bits per heavy atom. The minimum absolute atomic E-state index is 0. The maximum absolute atomic E-state index is 13.6. The first kappa shape index (κ1) is 61.9. The number of hydrogen-bond acceptors (Lipinski definition) is 17. The molecule has 394 valence electrons. The molecule has 26 nitrogen and oxygen atoms in total. The van der Waals surface area contributed by atoms with Gasteiger partial charge in [0.2, 0.25) is 0 Å². The van der Waals surface area contributed by atoms with Gasteiger partial charge in [0.05, 0.1) is 60.7 Å². The van der Waals surface area contributed by atoms with Crippen LogP contribution in [0.5, 0.6) is 0 Å². The van der Waals surface area contributed by atoms with Crippen molar-refractivity contribution in [2.45, 2.75) is 188 Å². The van der Waals surface area contributed by atoms with Gasteiger partial charge in [0.15, 0.2) is 12.6 Å². The van der Waals surface area contributed by atoms with Crippen LogP contribution in [0.25, 0.3) is 31.3 Å². The summed E-state index contributed by atoms with van der Waals surface area (Å²) in [7, 11) is 0. The van der Waals surface area contributed by atoms with Crippen LogP contribution in [0.3, 0.4) is 0 Å². The van der Waals surface area contributed by atoms with Crippen LogP contribution < -0.4 is 22.9 Å². The number of carbonyl (C=O) groups excluding carboxylic acids is 1. The second-order valence-corrected chi connectivity index (χ2v) is 17.4. The summed E-state index contributed by atoms with van der Waals surface area (Å²) >= 11 is 0. The van der Waals surface area contributed by atoms with E-state index < -0.39 is 97.7 Å². The molecule has 2 aromatic rings. The van der Waals surface area contributed by atoms with Crippen LogP contribution in [-0.2, 0) is 57.3 Å². The number of hydrogen-bond donors (Lipinski definition) is 8. The molecule has 2 saturated carbocycles. The van der Waals surface area contributed by atoms with Gasteiger partial charge in [0, 0.05) is 59.8 Å². The predicted octanol–water partition coefficient (Wildman–Crippen LogP) is 1.73. The molecule has 0 aromatic heterocycles. The summed E-state index contributed by atoms with van der Waals surface area (Å²) in [4.78, 5) is 23.7. The molecule has 0 spiro atoms. The molecule has 0 radical (unpaired) electrons. The monoisotopic (exact) mass is 1080 g/mol. The van der Waals surface area contributed by atoms with Crippen molar-refractivity contribution >= 4 is 6.09 Å². The third-order valence-electron chi connectivity index (χ3n) is 12.9. The first-order valence-corrected chi connectivity index (χ1v) is 22.7. The quantitative estimate of drug-likeness (QED) is 0.0514. The van der Waals surface area contributed by atoms with Gasteiger partial charge >= 0.3 is 6.09 Å². The summed E-state index contributed by atoms with van der Waals surface area (Å²) in [6.07, 6.45) is -6.73. The van der Waals surface area contributed by atoms with E-state index in [2.05, 4.69) is 30.1 Å². The molecule has 2 saturated heterocycles. The summed E-state index contributed by atoms with van der Waals surface area (Å²) in [6.45, 7) is 4.24. The molecule has 0 bridgehead atoms. The van der Waals surface area contributed by atoms with Crippen molar-refractivity contribution in [3.8, 4) is 0 Å². The Labute approximate surface area is 419 Å². The fraction of sp³-hybridized carbons (Fsp3) is 0.698. The Hall–Kier alpha value is -4.26. The summed E-state index contributed by atoms with van der Waals surface area (Å²) < 4.78 is 29.9. The van der Waals surface area contributed by atoms with Gasteiger partial charge in [-0.1, -0.05) is 89.9 Å². The SMILES string of the molecule is CC[C@@H](N)[C@@H]1CC[C@@H](N)[C@@H](O[C@H]2[C@H](O)[C@@H](O)[C@H](N)C[C@@H]2N)O1.CC[C@H]([C@@H]1CC[C@@H](N=[N+]=[N-])[C@@H](O[C@H]2[C@H](O)[C@@H](O)[C@H](N=[N+]=[N-])C[C@@H]2N=[N+]=[N-])O1)N(Cc1ccccc1)C(=O)OCc1ccccc1.O.O.[Pd]. The Bertz CT molecular complexity index is 2000. The molecule has 6 rings (SSSR count). The average Bonchev–Trinajstić information content (AvgIpc) is 3.33. The molecule has 16 N–H and O–H groups in total. The van der Waals surface area contributed by atoms with Gasteiger partial charge in [-0.25, -0.2) is 4.79 Å². The molecule has 27 heteroatoms. The van der Waals surface area contributed by atoms with E-state index in [1.165, 1.54) is 0 Å². The maximum atomic E-state index is 13.6. The van der Waals surface area contributed by atoms with Crippen LogP contribution in [0.1, 0.15) is 76.3 Å². The van der Waals surface area contributed by atoms with Crippen molar-refractivity contribution in [2.24, 2.45) is 38.3 Å². The number of amides is 1. The summed E-state index contributed by atoms with van der Waals surface area (Å²) in [5, 5.41) is 52.6. The summed E-state index contributed by atoms with van der Waals surface area (Å²) in [5.74, 6) is 0. The van der Waals surface area contributed by atoms with Gasteiger partial charge in [0.25, 0.3) is 0 Å². The molecule has 2 aliphatic carbocycles. The fourth-order valence-corrected chi connectivity index (χ4v) is 9.00. The third kappa shape index (κ3) is 16.4. The second kappa shape index (κ2) is 30.6. The first-order valence-electron chi connectivity index (χ1n) is 22.7. The molecule has 70 heavy (non-hydrogen) atoms. The number of benzene rings is 2. The van der Waals surface area contributed by atoms with E-state index in [0.717, 1.165) is 30.4 Å². The normalized spacial score (nSPS) is 33.3. The van der Waals surface area contributed by atoms with E-state index >= 15 is 0 Å². The van der Waals surface area contributed by atoms with E-state index in [1.807, 2.05) is 74.5 Å². The topological polar surface area (TPSA) is 461 Å². The minimum atomic E-state index is -1.61. The van der Waals surface area contributed by atoms with Crippen molar-refractivity contribution in [3.05, 3.63) is 103 Å². The smallest absolute Gasteiger partial charge is 0.410 e. The molecule has 0 unspecified atom stereocenters. The number of rotatable bonds is 16. The zero-order chi connectivity index (χ0) is 48.6. The number of carbonyl (C=O) groups is 1. The largest absolute Gasteiger partial charge is 0.445 e. The van der Waals surface area contributed by atoms with Crippen molar-refractivity contribution < 1.29 is 80.3 Å². The molecule has 4 fully saturated rings. The Morgan fingerprint density at radius 3 is 1.83 bits per heavy atom. The number of aliphatic hydroxyl groups is 4. The van der Waals surface area contributed by atoms with Gasteiger partial charge in [-0.05, 0) is 79.1 Å². The number of nitrogens with two attached hydrogens (primary N) is 4. The van der Waals surface area contributed by atoms with Crippen LogP contribution in [0.15, 0.2) is 76.0 Å². The van der Waals surface area contributed by atoms with Crippen molar-refractivity contribution in [3.63, 3.8) is 0 Å². The van der Waals surface area contributed by atoms with E-state index in [0.29, 0.717) is 25.7 Å². The Morgan fingerprint density at radius 2 is 1.23 bits per heavy atom.